The van der Waals surface area contributed by atoms with Gasteiger partial charge in [0.25, 0.3) is 0 Å². The van der Waals surface area contributed by atoms with Crippen LogP contribution in [0.1, 0.15) is 19.8 Å². The molecule has 0 saturated carbocycles. The van der Waals surface area contributed by atoms with Gasteiger partial charge in [0.15, 0.2) is 0 Å². The van der Waals surface area contributed by atoms with Gasteiger partial charge in [0.05, 0.1) is 12.2 Å². The summed E-state index contributed by atoms with van der Waals surface area (Å²) in [5.74, 6) is -0.763. The molecule has 2 saturated heterocycles. The topological polar surface area (TPSA) is 58.6 Å². The maximum absolute atomic E-state index is 10.6. The average Bonchev–Trinajstić information content (AvgIpc) is 2.42. The van der Waals surface area contributed by atoms with E-state index in [1.165, 1.54) is 0 Å². The Morgan fingerprint density at radius 1 is 1.54 bits per heavy atom. The maximum Gasteiger partial charge on any atom is 0.320 e. The lowest BCUT2D eigenvalue weighted by molar-refractivity contribution is -0.139. The number of carboxylic acid groups (broad SMARTS) is 1. The van der Waals surface area contributed by atoms with E-state index in [0.717, 1.165) is 6.42 Å². The van der Waals surface area contributed by atoms with Crippen LogP contribution in [0, 0.1) is 0 Å². The molecule has 0 aromatic rings. The van der Waals surface area contributed by atoms with Crippen molar-refractivity contribution in [2.75, 3.05) is 0 Å². The highest BCUT2D eigenvalue weighted by Gasteiger charge is 2.43. The fraction of sp³-hybridized carbons (Fsp3) is 0.875. The molecule has 0 unspecified atom stereocenters. The predicted octanol–water partition coefficient (Wildman–Crippen LogP) is 0.401. The molecule has 76 valence electrons. The summed E-state index contributed by atoms with van der Waals surface area (Å²) in [6, 6.07) is -0.131. The second-order valence-electron chi connectivity index (χ2n) is 3.62. The minimum Gasteiger partial charge on any atom is -0.480 e. The molecule has 2 heterocycles. The lowest BCUT2D eigenvalue weighted by atomic mass is 10.1. The molecule has 4 atom stereocenters. The minimum atomic E-state index is -0.763. The summed E-state index contributed by atoms with van der Waals surface area (Å²) in [5.41, 5.74) is 0. The fourth-order valence-corrected chi connectivity index (χ4v) is 2.08. The van der Waals surface area contributed by atoms with Gasteiger partial charge in [-0.3, -0.25) is 10.1 Å². The Bertz CT molecular complexity index is 198. The van der Waals surface area contributed by atoms with Crippen LogP contribution in [0.2, 0.25) is 0 Å². The SMILES string of the molecule is C[C@@H]1C[C@@H]2N[C@H](C(=O)O)C[C@@H]2O1.Cl. The number of nitrogens with one attached hydrogen (secondary N) is 1. The van der Waals surface area contributed by atoms with Crippen LogP contribution >= 0.6 is 12.4 Å². The number of hydrogen-bond acceptors (Lipinski definition) is 3. The van der Waals surface area contributed by atoms with Crippen molar-refractivity contribution in [2.45, 2.75) is 44.1 Å². The van der Waals surface area contributed by atoms with E-state index in [0.29, 0.717) is 6.42 Å². The number of rotatable bonds is 1. The van der Waals surface area contributed by atoms with E-state index in [2.05, 4.69) is 5.32 Å². The molecule has 0 radical (unpaired) electrons. The fourth-order valence-electron chi connectivity index (χ4n) is 2.08. The van der Waals surface area contributed by atoms with Crippen molar-refractivity contribution in [1.29, 1.82) is 0 Å². The van der Waals surface area contributed by atoms with Gasteiger partial charge < -0.3 is 9.84 Å². The Hall–Kier alpha value is -0.320. The molecule has 2 rings (SSSR count). The Morgan fingerprint density at radius 3 is 2.77 bits per heavy atom. The molecule has 0 spiro atoms. The molecule has 2 aliphatic heterocycles. The molecule has 4 nitrogen and oxygen atoms in total. The van der Waals surface area contributed by atoms with E-state index in [4.69, 9.17) is 9.84 Å². The van der Waals surface area contributed by atoms with Crippen LogP contribution in [0.5, 0.6) is 0 Å². The van der Waals surface area contributed by atoms with Crippen molar-refractivity contribution in [3.8, 4) is 0 Å². The first-order chi connectivity index (χ1) is 5.66. The molecular formula is C8H14ClNO3. The van der Waals surface area contributed by atoms with E-state index in [9.17, 15) is 4.79 Å². The number of aliphatic carboxylic acids is 1. The molecule has 13 heavy (non-hydrogen) atoms. The van der Waals surface area contributed by atoms with Crippen LogP contribution in [-0.2, 0) is 9.53 Å². The molecule has 0 aromatic carbocycles. The third-order valence-electron chi connectivity index (χ3n) is 2.62. The van der Waals surface area contributed by atoms with Gasteiger partial charge in [0, 0.05) is 12.5 Å². The zero-order chi connectivity index (χ0) is 8.72. The van der Waals surface area contributed by atoms with Gasteiger partial charge in [-0.15, -0.1) is 12.4 Å². The Labute approximate surface area is 83.1 Å². The number of hydrogen-bond donors (Lipinski definition) is 2. The summed E-state index contributed by atoms with van der Waals surface area (Å²) in [6.45, 7) is 2.02. The summed E-state index contributed by atoms with van der Waals surface area (Å²) < 4.78 is 5.54. The van der Waals surface area contributed by atoms with Gasteiger partial charge in [-0.2, -0.15) is 0 Å². The number of carbonyl (C=O) groups is 1. The highest BCUT2D eigenvalue weighted by atomic mass is 35.5. The largest absolute Gasteiger partial charge is 0.480 e. The van der Waals surface area contributed by atoms with Crippen LogP contribution in [-0.4, -0.2) is 35.4 Å². The van der Waals surface area contributed by atoms with E-state index in [1.54, 1.807) is 0 Å². The highest BCUT2D eigenvalue weighted by Crippen LogP contribution is 2.28. The molecular weight excluding hydrogens is 194 g/mol. The molecule has 0 aromatic heterocycles. The summed E-state index contributed by atoms with van der Waals surface area (Å²) >= 11 is 0. The molecule has 0 bridgehead atoms. The predicted molar refractivity (Wildman–Crippen MR) is 49.2 cm³/mol. The van der Waals surface area contributed by atoms with Gasteiger partial charge in [-0.05, 0) is 13.3 Å². The van der Waals surface area contributed by atoms with Crippen LogP contribution in [0.3, 0.4) is 0 Å². The molecule has 5 heteroatoms. The van der Waals surface area contributed by atoms with Crippen molar-refractivity contribution in [3.05, 3.63) is 0 Å². The molecule has 2 N–H and O–H groups in total. The number of carboxylic acids is 1. The molecule has 0 aliphatic carbocycles. The van der Waals surface area contributed by atoms with E-state index in [-0.39, 0.29) is 30.7 Å². The van der Waals surface area contributed by atoms with Crippen molar-refractivity contribution in [3.63, 3.8) is 0 Å². The van der Waals surface area contributed by atoms with Crippen molar-refractivity contribution in [2.24, 2.45) is 0 Å². The van der Waals surface area contributed by atoms with Crippen molar-refractivity contribution in [1.82, 2.24) is 5.32 Å². The Kier molecular flexibility index (Phi) is 3.16. The summed E-state index contributed by atoms with van der Waals surface area (Å²) in [5, 5.41) is 11.8. The van der Waals surface area contributed by atoms with Gasteiger partial charge in [0.2, 0.25) is 0 Å². The molecule has 0 amide bonds. The van der Waals surface area contributed by atoms with Crippen LogP contribution < -0.4 is 5.32 Å². The first-order valence-electron chi connectivity index (χ1n) is 4.31. The smallest absolute Gasteiger partial charge is 0.320 e. The zero-order valence-corrected chi connectivity index (χ0v) is 8.21. The zero-order valence-electron chi connectivity index (χ0n) is 7.40. The first-order valence-corrected chi connectivity index (χ1v) is 4.31. The summed E-state index contributed by atoms with van der Waals surface area (Å²) in [6.07, 6.45) is 1.96. The van der Waals surface area contributed by atoms with Gasteiger partial charge in [-0.1, -0.05) is 0 Å². The lowest BCUT2D eigenvalue weighted by Crippen LogP contribution is -2.35. The Morgan fingerprint density at radius 2 is 2.23 bits per heavy atom. The number of fused-ring (bicyclic) bond motifs is 1. The van der Waals surface area contributed by atoms with Crippen molar-refractivity contribution < 1.29 is 14.6 Å². The Balaban J connectivity index is 0.000000845. The quantitative estimate of drug-likeness (QED) is 0.654. The third kappa shape index (κ3) is 1.95. The van der Waals surface area contributed by atoms with Gasteiger partial charge in [0.1, 0.15) is 6.04 Å². The second-order valence-corrected chi connectivity index (χ2v) is 3.62. The van der Waals surface area contributed by atoms with Crippen LogP contribution in [0.15, 0.2) is 0 Å². The summed E-state index contributed by atoms with van der Waals surface area (Å²) in [4.78, 5) is 10.6. The van der Waals surface area contributed by atoms with Crippen molar-refractivity contribution >= 4 is 18.4 Å². The van der Waals surface area contributed by atoms with Gasteiger partial charge >= 0.3 is 5.97 Å². The van der Waals surface area contributed by atoms with E-state index < -0.39 is 12.0 Å². The third-order valence-corrected chi connectivity index (χ3v) is 2.62. The molecule has 2 fully saturated rings. The first kappa shape index (κ1) is 10.8. The number of ether oxygens (including phenoxy) is 1. The van der Waals surface area contributed by atoms with Crippen LogP contribution in [0.4, 0.5) is 0 Å². The maximum atomic E-state index is 10.6. The summed E-state index contributed by atoms with van der Waals surface area (Å²) in [7, 11) is 0. The monoisotopic (exact) mass is 207 g/mol. The second kappa shape index (κ2) is 3.82. The normalized spacial score (nSPS) is 42.5. The average molecular weight is 208 g/mol. The minimum absolute atomic E-state index is 0. The highest BCUT2D eigenvalue weighted by molar-refractivity contribution is 5.85. The lowest BCUT2D eigenvalue weighted by Gasteiger charge is -2.08. The van der Waals surface area contributed by atoms with E-state index in [1.807, 2.05) is 6.92 Å². The van der Waals surface area contributed by atoms with E-state index >= 15 is 0 Å². The standard InChI is InChI=1S/C8H13NO3.ClH/c1-4-2-5-7(12-4)3-6(9-5)8(10)11;/h4-7,9H,2-3H2,1H3,(H,10,11);1H/t4-,5+,6+,7+;/m1./s1. The van der Waals surface area contributed by atoms with Gasteiger partial charge in [-0.25, -0.2) is 0 Å². The number of halogens is 1. The molecule has 2 aliphatic rings. The van der Waals surface area contributed by atoms with Crippen LogP contribution in [0.25, 0.3) is 0 Å².